The van der Waals surface area contributed by atoms with Crippen LogP contribution in [-0.4, -0.2) is 15.0 Å². The topological polar surface area (TPSA) is 65.0 Å². The second-order valence-electron chi connectivity index (χ2n) is 11.2. The van der Waals surface area contributed by atoms with Crippen molar-refractivity contribution in [3.05, 3.63) is 127 Å². The van der Waals surface area contributed by atoms with Gasteiger partial charge in [0.15, 0.2) is 17.5 Å². The van der Waals surface area contributed by atoms with Gasteiger partial charge in [0, 0.05) is 64.5 Å². The Kier molecular flexibility index (Phi) is 5.09. The molecule has 0 saturated carbocycles. The summed E-state index contributed by atoms with van der Waals surface area (Å²) in [5.74, 6) is 1.86. The number of aromatic nitrogens is 3. The average molecular weight is 596 g/mol. The lowest BCUT2D eigenvalue weighted by atomic mass is 10.1. The number of hydrogen-bond donors (Lipinski definition) is 0. The molecule has 0 N–H and O–H groups in total. The van der Waals surface area contributed by atoms with E-state index in [9.17, 15) is 0 Å². The highest BCUT2D eigenvalue weighted by molar-refractivity contribution is 7.25. The molecule has 0 radical (unpaired) electrons. The van der Waals surface area contributed by atoms with Gasteiger partial charge in [-0.3, -0.25) is 0 Å². The number of benzene rings is 6. The van der Waals surface area contributed by atoms with Crippen LogP contribution in [0.25, 0.3) is 98.2 Å². The first kappa shape index (κ1) is 24.6. The minimum Gasteiger partial charge on any atom is -0.456 e. The molecule has 0 atom stereocenters. The second-order valence-corrected chi connectivity index (χ2v) is 12.3. The van der Waals surface area contributed by atoms with Crippen LogP contribution in [0.4, 0.5) is 0 Å². The van der Waals surface area contributed by atoms with E-state index in [-0.39, 0.29) is 0 Å². The smallest absolute Gasteiger partial charge is 0.164 e. The van der Waals surface area contributed by atoms with Crippen LogP contribution < -0.4 is 0 Å². The molecule has 10 rings (SSSR count). The van der Waals surface area contributed by atoms with Crippen molar-refractivity contribution < 1.29 is 8.83 Å². The summed E-state index contributed by atoms with van der Waals surface area (Å²) >= 11 is 1.79. The van der Waals surface area contributed by atoms with E-state index < -0.39 is 0 Å². The zero-order valence-corrected chi connectivity index (χ0v) is 24.5. The minimum absolute atomic E-state index is 0.595. The summed E-state index contributed by atoms with van der Waals surface area (Å²) < 4.78 is 15.0. The Hall–Kier alpha value is -5.85. The SMILES string of the molecule is c1ccc(-c2nc(-c3ccc4c(c3)oc3cc5oc6ccccc6c5cc34)nc(-c3ccc4c(c3)sc3ccccc34)n2)cc1. The Morgan fingerprint density at radius 1 is 0.356 bits per heavy atom. The third-order valence-corrected chi connectivity index (χ3v) is 9.67. The Bertz CT molecular complexity index is 2770. The molecule has 0 fully saturated rings. The van der Waals surface area contributed by atoms with Crippen LogP contribution in [0.15, 0.2) is 136 Å². The van der Waals surface area contributed by atoms with Gasteiger partial charge in [-0.1, -0.05) is 84.9 Å². The van der Waals surface area contributed by atoms with Crippen molar-refractivity contribution in [3.63, 3.8) is 0 Å². The van der Waals surface area contributed by atoms with Gasteiger partial charge in [-0.2, -0.15) is 0 Å². The number of furan rings is 2. The molecule has 45 heavy (non-hydrogen) atoms. The van der Waals surface area contributed by atoms with Crippen LogP contribution in [0.2, 0.25) is 0 Å². The van der Waals surface area contributed by atoms with Gasteiger partial charge in [-0.05, 0) is 36.4 Å². The molecule has 6 aromatic carbocycles. The van der Waals surface area contributed by atoms with Crippen LogP contribution in [0.3, 0.4) is 0 Å². The van der Waals surface area contributed by atoms with E-state index in [0.717, 1.165) is 60.6 Å². The standard InChI is InChI=1S/C39H21N3O2S/c1-2-8-22(9-3-1)37-40-38(42-39(41-37)24-15-17-28-27-11-5-7-13-35(27)45-36(28)19-24)23-14-16-26-30-20-29-25-10-4-6-12-31(25)43-33(29)21-34(30)44-32(26)18-23/h1-21H. The first-order valence-electron chi connectivity index (χ1n) is 14.8. The highest BCUT2D eigenvalue weighted by atomic mass is 32.1. The summed E-state index contributed by atoms with van der Waals surface area (Å²) in [6, 6.07) is 43.5. The molecule has 4 aromatic heterocycles. The number of fused-ring (bicyclic) bond motifs is 9. The summed E-state index contributed by atoms with van der Waals surface area (Å²) in [4.78, 5) is 14.9. The minimum atomic E-state index is 0.595. The van der Waals surface area contributed by atoms with Crippen LogP contribution in [-0.2, 0) is 0 Å². The molecule has 0 aliphatic rings. The molecule has 0 aliphatic carbocycles. The van der Waals surface area contributed by atoms with Gasteiger partial charge in [0.1, 0.15) is 22.3 Å². The quantitative estimate of drug-likeness (QED) is 0.203. The third kappa shape index (κ3) is 3.83. The molecule has 4 heterocycles. The van der Waals surface area contributed by atoms with Crippen molar-refractivity contribution in [1.29, 1.82) is 0 Å². The number of thiophene rings is 1. The largest absolute Gasteiger partial charge is 0.456 e. The van der Waals surface area contributed by atoms with Crippen LogP contribution in [0.5, 0.6) is 0 Å². The van der Waals surface area contributed by atoms with Gasteiger partial charge in [0.05, 0.1) is 0 Å². The summed E-state index contributed by atoms with van der Waals surface area (Å²) in [6.45, 7) is 0. The lowest BCUT2D eigenvalue weighted by molar-refractivity contribution is 0.656. The maximum Gasteiger partial charge on any atom is 0.164 e. The monoisotopic (exact) mass is 595 g/mol. The first-order valence-corrected chi connectivity index (χ1v) is 15.6. The normalized spacial score (nSPS) is 12.0. The van der Waals surface area contributed by atoms with Crippen molar-refractivity contribution in [2.24, 2.45) is 0 Å². The lowest BCUT2D eigenvalue weighted by Crippen LogP contribution is -2.00. The Labute approximate surface area is 260 Å². The Morgan fingerprint density at radius 2 is 0.911 bits per heavy atom. The van der Waals surface area contributed by atoms with Crippen molar-refractivity contribution in [1.82, 2.24) is 15.0 Å². The zero-order valence-electron chi connectivity index (χ0n) is 23.7. The summed E-state index contributed by atoms with van der Waals surface area (Å²) in [5.41, 5.74) is 5.99. The van der Waals surface area contributed by atoms with Gasteiger partial charge < -0.3 is 8.83 Å². The summed E-state index contributed by atoms with van der Waals surface area (Å²) in [7, 11) is 0. The van der Waals surface area contributed by atoms with Crippen LogP contribution >= 0.6 is 11.3 Å². The van der Waals surface area contributed by atoms with Crippen LogP contribution in [0, 0.1) is 0 Å². The van der Waals surface area contributed by atoms with Gasteiger partial charge in [0.2, 0.25) is 0 Å². The number of rotatable bonds is 3. The molecular formula is C39H21N3O2S. The number of hydrogen-bond acceptors (Lipinski definition) is 6. The van der Waals surface area contributed by atoms with Gasteiger partial charge in [0.25, 0.3) is 0 Å². The van der Waals surface area contributed by atoms with Gasteiger partial charge in [-0.15, -0.1) is 11.3 Å². The molecule has 0 amide bonds. The van der Waals surface area contributed by atoms with E-state index in [1.165, 1.54) is 20.2 Å². The fourth-order valence-electron chi connectivity index (χ4n) is 6.35. The zero-order chi connectivity index (χ0) is 29.5. The average Bonchev–Trinajstić information content (AvgIpc) is 3.77. The predicted octanol–water partition coefficient (Wildman–Crippen LogP) is 11.0. The molecule has 5 nitrogen and oxygen atoms in total. The molecule has 0 unspecified atom stereocenters. The van der Waals surface area contributed by atoms with Crippen molar-refractivity contribution in [3.8, 4) is 34.2 Å². The first-order chi connectivity index (χ1) is 22.2. The maximum atomic E-state index is 6.40. The fraction of sp³-hybridized carbons (Fsp3) is 0. The molecule has 210 valence electrons. The molecule has 0 aliphatic heterocycles. The summed E-state index contributed by atoms with van der Waals surface area (Å²) in [6.07, 6.45) is 0. The molecule has 6 heteroatoms. The van der Waals surface area contributed by atoms with Crippen molar-refractivity contribution >= 4 is 75.4 Å². The molecule has 0 saturated heterocycles. The van der Waals surface area contributed by atoms with E-state index in [4.69, 9.17) is 23.8 Å². The molecule has 10 aromatic rings. The van der Waals surface area contributed by atoms with E-state index in [2.05, 4.69) is 66.7 Å². The maximum absolute atomic E-state index is 6.40. The van der Waals surface area contributed by atoms with Crippen LogP contribution in [0.1, 0.15) is 0 Å². The molecular weight excluding hydrogens is 575 g/mol. The van der Waals surface area contributed by atoms with Gasteiger partial charge in [-0.25, -0.2) is 15.0 Å². The van der Waals surface area contributed by atoms with E-state index in [0.29, 0.717) is 17.5 Å². The fourth-order valence-corrected chi connectivity index (χ4v) is 7.50. The van der Waals surface area contributed by atoms with E-state index in [1.807, 2.05) is 60.7 Å². The Balaban J connectivity index is 1.15. The predicted molar refractivity (Wildman–Crippen MR) is 184 cm³/mol. The van der Waals surface area contributed by atoms with E-state index >= 15 is 0 Å². The highest BCUT2D eigenvalue weighted by Gasteiger charge is 2.17. The molecule has 0 bridgehead atoms. The van der Waals surface area contributed by atoms with Crippen molar-refractivity contribution in [2.75, 3.05) is 0 Å². The number of para-hydroxylation sites is 1. The van der Waals surface area contributed by atoms with Gasteiger partial charge >= 0.3 is 0 Å². The Morgan fingerprint density at radius 3 is 1.71 bits per heavy atom. The van der Waals surface area contributed by atoms with E-state index in [1.54, 1.807) is 11.3 Å². The molecule has 0 spiro atoms. The number of nitrogens with zero attached hydrogens (tertiary/aromatic N) is 3. The summed E-state index contributed by atoms with van der Waals surface area (Å²) in [5, 5.41) is 6.77. The second kappa shape index (κ2) is 9.32. The van der Waals surface area contributed by atoms with Crippen molar-refractivity contribution in [2.45, 2.75) is 0 Å². The highest BCUT2D eigenvalue weighted by Crippen LogP contribution is 2.39. The lowest BCUT2D eigenvalue weighted by Gasteiger charge is -2.08. The third-order valence-electron chi connectivity index (χ3n) is 8.53.